The van der Waals surface area contributed by atoms with Crippen molar-refractivity contribution in [2.45, 2.75) is 6.92 Å². The third-order valence-corrected chi connectivity index (χ3v) is 2.71. The first-order valence-electron chi connectivity index (χ1n) is 5.91. The quantitative estimate of drug-likeness (QED) is 0.783. The maximum absolute atomic E-state index is 11.9. The van der Waals surface area contributed by atoms with E-state index in [9.17, 15) is 4.79 Å². The number of amides is 1. The highest BCUT2D eigenvalue weighted by Crippen LogP contribution is 2.12. The third-order valence-electron chi connectivity index (χ3n) is 2.71. The number of aromatic nitrogens is 4. The topological polar surface area (TPSA) is 85.8 Å². The fraction of sp³-hybridized carbons (Fsp3) is 0.0769. The highest BCUT2D eigenvalue weighted by molar-refractivity contribution is 6.01. The third kappa shape index (κ3) is 2.28. The van der Waals surface area contributed by atoms with Gasteiger partial charge in [-0.05, 0) is 19.1 Å². The lowest BCUT2D eigenvalue weighted by molar-refractivity contribution is 0.0996. The minimum atomic E-state index is -0.359. The number of carbonyl (C=O) groups is 1. The van der Waals surface area contributed by atoms with Gasteiger partial charge in [0.25, 0.3) is 5.91 Å². The molecule has 1 N–H and O–H groups in total. The fourth-order valence-electron chi connectivity index (χ4n) is 1.75. The van der Waals surface area contributed by atoms with Gasteiger partial charge in [-0.1, -0.05) is 0 Å². The van der Waals surface area contributed by atoms with E-state index in [-0.39, 0.29) is 11.7 Å². The van der Waals surface area contributed by atoms with Crippen LogP contribution in [0.1, 0.15) is 16.4 Å². The zero-order valence-corrected chi connectivity index (χ0v) is 10.6. The van der Waals surface area contributed by atoms with Gasteiger partial charge in [-0.2, -0.15) is 0 Å². The molecule has 0 aliphatic rings. The molecular formula is C13H11N5O2. The van der Waals surface area contributed by atoms with Crippen molar-refractivity contribution < 1.29 is 9.21 Å². The number of nitrogens with one attached hydrogen (secondary N) is 1. The Labute approximate surface area is 114 Å². The summed E-state index contributed by atoms with van der Waals surface area (Å²) in [7, 11) is 0. The number of hydrogen-bond acceptors (Lipinski definition) is 5. The molecule has 1 amide bonds. The summed E-state index contributed by atoms with van der Waals surface area (Å²) in [6.07, 6.45) is 6.29. The van der Waals surface area contributed by atoms with Crippen molar-refractivity contribution in [2.24, 2.45) is 0 Å². The average Bonchev–Trinajstić information content (AvgIpc) is 3.10. The Hall–Kier alpha value is -2.96. The molecule has 0 aromatic carbocycles. The first kappa shape index (κ1) is 12.1. The second-order valence-electron chi connectivity index (χ2n) is 4.04. The van der Waals surface area contributed by atoms with E-state index >= 15 is 0 Å². The molecule has 3 rings (SSSR count). The Morgan fingerprint density at radius 3 is 2.95 bits per heavy atom. The van der Waals surface area contributed by atoms with Crippen LogP contribution < -0.4 is 5.32 Å². The van der Waals surface area contributed by atoms with Gasteiger partial charge in [0.05, 0.1) is 6.26 Å². The summed E-state index contributed by atoms with van der Waals surface area (Å²) in [6.45, 7) is 1.86. The first-order chi connectivity index (χ1) is 9.74. The van der Waals surface area contributed by atoms with Crippen molar-refractivity contribution in [3.63, 3.8) is 0 Å². The maximum Gasteiger partial charge on any atom is 0.292 e. The van der Waals surface area contributed by atoms with E-state index in [1.54, 1.807) is 35.2 Å². The highest BCUT2D eigenvalue weighted by Gasteiger charge is 2.10. The van der Waals surface area contributed by atoms with Crippen LogP contribution in [0, 0.1) is 6.92 Å². The Kier molecular flexibility index (Phi) is 3.00. The van der Waals surface area contributed by atoms with E-state index in [1.807, 2.05) is 6.92 Å². The van der Waals surface area contributed by atoms with E-state index in [1.165, 1.54) is 12.6 Å². The summed E-state index contributed by atoms with van der Waals surface area (Å²) in [5.74, 6) is 1.69. The van der Waals surface area contributed by atoms with Crippen LogP contribution in [0.25, 0.3) is 5.82 Å². The predicted molar refractivity (Wildman–Crippen MR) is 70.6 cm³/mol. The number of imidazole rings is 1. The van der Waals surface area contributed by atoms with Gasteiger partial charge in [0.1, 0.15) is 23.8 Å². The van der Waals surface area contributed by atoms with Gasteiger partial charge in [-0.15, -0.1) is 0 Å². The van der Waals surface area contributed by atoms with Gasteiger partial charge in [-0.3, -0.25) is 9.36 Å². The zero-order chi connectivity index (χ0) is 13.9. The van der Waals surface area contributed by atoms with Gasteiger partial charge in [0.2, 0.25) is 0 Å². The molecule has 3 aromatic heterocycles. The van der Waals surface area contributed by atoms with Gasteiger partial charge >= 0.3 is 0 Å². The standard InChI is InChI=1S/C13H11N5O2/c1-9-14-4-5-18(9)12-7-11(15-8-16-12)17-13(19)10-3-2-6-20-10/h2-8H,1H3,(H,15,16,17,19). The molecule has 0 fully saturated rings. The lowest BCUT2D eigenvalue weighted by Gasteiger charge is -2.06. The smallest absolute Gasteiger partial charge is 0.292 e. The molecule has 0 aliphatic heterocycles. The maximum atomic E-state index is 11.9. The van der Waals surface area contributed by atoms with Gasteiger partial charge in [0.15, 0.2) is 5.76 Å². The van der Waals surface area contributed by atoms with Crippen LogP contribution in [0.2, 0.25) is 0 Å². The van der Waals surface area contributed by atoms with Crippen molar-refractivity contribution >= 4 is 11.7 Å². The molecule has 0 radical (unpaired) electrons. The van der Waals surface area contributed by atoms with E-state index in [2.05, 4.69) is 20.3 Å². The largest absolute Gasteiger partial charge is 0.459 e. The minimum absolute atomic E-state index is 0.226. The second-order valence-corrected chi connectivity index (χ2v) is 4.04. The molecule has 7 nitrogen and oxygen atoms in total. The van der Waals surface area contributed by atoms with E-state index < -0.39 is 0 Å². The molecule has 0 spiro atoms. The summed E-state index contributed by atoms with van der Waals surface area (Å²) < 4.78 is 6.81. The molecule has 3 heterocycles. The monoisotopic (exact) mass is 269 g/mol. The predicted octanol–water partition coefficient (Wildman–Crippen LogP) is 1.82. The molecule has 0 saturated carbocycles. The number of hydrogen-bond donors (Lipinski definition) is 1. The zero-order valence-electron chi connectivity index (χ0n) is 10.6. The summed E-state index contributed by atoms with van der Waals surface area (Å²) >= 11 is 0. The average molecular weight is 269 g/mol. The fourth-order valence-corrected chi connectivity index (χ4v) is 1.75. The summed E-state index contributed by atoms with van der Waals surface area (Å²) in [5, 5.41) is 2.65. The molecule has 0 saturated heterocycles. The summed E-state index contributed by atoms with van der Waals surface area (Å²) in [4.78, 5) is 24.1. The number of nitrogens with zero attached hydrogens (tertiary/aromatic N) is 4. The number of carbonyl (C=O) groups excluding carboxylic acids is 1. The Bertz CT molecular complexity index is 733. The lowest BCUT2D eigenvalue weighted by Crippen LogP contribution is -2.13. The number of furan rings is 1. The van der Waals surface area contributed by atoms with Crippen LogP contribution in [-0.4, -0.2) is 25.4 Å². The molecule has 0 atom stereocenters. The van der Waals surface area contributed by atoms with Crippen molar-refractivity contribution in [1.82, 2.24) is 19.5 Å². The minimum Gasteiger partial charge on any atom is -0.459 e. The molecule has 0 bridgehead atoms. The molecular weight excluding hydrogens is 258 g/mol. The molecule has 20 heavy (non-hydrogen) atoms. The Balaban J connectivity index is 1.85. The van der Waals surface area contributed by atoms with Crippen molar-refractivity contribution in [3.8, 4) is 5.82 Å². The van der Waals surface area contributed by atoms with Crippen molar-refractivity contribution in [1.29, 1.82) is 0 Å². The van der Waals surface area contributed by atoms with Gasteiger partial charge in [0, 0.05) is 18.5 Å². The van der Waals surface area contributed by atoms with E-state index in [4.69, 9.17) is 4.42 Å². The van der Waals surface area contributed by atoms with Crippen LogP contribution in [0.4, 0.5) is 5.82 Å². The lowest BCUT2D eigenvalue weighted by atomic mass is 10.4. The van der Waals surface area contributed by atoms with Crippen LogP contribution in [0.5, 0.6) is 0 Å². The van der Waals surface area contributed by atoms with Gasteiger partial charge in [-0.25, -0.2) is 15.0 Å². The number of anilines is 1. The SMILES string of the molecule is Cc1nccn1-c1cc(NC(=O)c2ccco2)ncn1. The Morgan fingerprint density at radius 2 is 2.25 bits per heavy atom. The van der Waals surface area contributed by atoms with Crippen molar-refractivity contribution in [2.75, 3.05) is 5.32 Å². The molecule has 0 unspecified atom stereocenters. The van der Waals surface area contributed by atoms with E-state index in [0.717, 1.165) is 5.82 Å². The number of rotatable bonds is 3. The van der Waals surface area contributed by atoms with Crippen molar-refractivity contribution in [3.05, 3.63) is 54.8 Å². The van der Waals surface area contributed by atoms with Crippen LogP contribution >= 0.6 is 0 Å². The molecule has 7 heteroatoms. The van der Waals surface area contributed by atoms with Crippen LogP contribution in [0.3, 0.4) is 0 Å². The summed E-state index contributed by atoms with van der Waals surface area (Å²) in [5.41, 5.74) is 0. The molecule has 0 aliphatic carbocycles. The van der Waals surface area contributed by atoms with Gasteiger partial charge < -0.3 is 9.73 Å². The van der Waals surface area contributed by atoms with Crippen LogP contribution in [-0.2, 0) is 0 Å². The van der Waals surface area contributed by atoms with E-state index in [0.29, 0.717) is 11.6 Å². The molecule has 3 aromatic rings. The molecule has 100 valence electrons. The summed E-state index contributed by atoms with van der Waals surface area (Å²) in [6, 6.07) is 4.89. The normalized spacial score (nSPS) is 10.4. The number of aryl methyl sites for hydroxylation is 1. The first-order valence-corrected chi connectivity index (χ1v) is 5.91. The highest BCUT2D eigenvalue weighted by atomic mass is 16.3. The second kappa shape index (κ2) is 4.96. The van der Waals surface area contributed by atoms with Crippen LogP contribution in [0.15, 0.2) is 47.6 Å². The Morgan fingerprint density at radius 1 is 1.35 bits per heavy atom.